The number of esters is 1. The molecule has 0 atom stereocenters. The number of ketones is 1. The highest BCUT2D eigenvalue weighted by Gasteiger charge is 2.18. The van der Waals surface area contributed by atoms with Crippen LogP contribution in [0.25, 0.3) is 0 Å². The number of nitrogens with one attached hydrogen (secondary N) is 1. The first-order valence-corrected chi connectivity index (χ1v) is 8.46. The highest BCUT2D eigenvalue weighted by molar-refractivity contribution is 8.00. The van der Waals surface area contributed by atoms with Crippen LogP contribution < -0.4 is 10.1 Å². The average molecular weight is 357 g/mol. The fourth-order valence-corrected chi connectivity index (χ4v) is 3.07. The van der Waals surface area contributed by atoms with Crippen molar-refractivity contribution >= 4 is 35.1 Å². The van der Waals surface area contributed by atoms with Gasteiger partial charge < -0.3 is 14.8 Å². The molecule has 1 aliphatic rings. The number of ether oxygens (including phenoxy) is 2. The maximum atomic E-state index is 12.1. The Bertz CT molecular complexity index is 832. The topological polar surface area (TPSA) is 81.7 Å². The molecule has 6 nitrogen and oxygen atoms in total. The Kier molecular flexibility index (Phi) is 5.04. The number of anilines is 1. The van der Waals surface area contributed by atoms with E-state index in [-0.39, 0.29) is 23.9 Å². The van der Waals surface area contributed by atoms with Crippen LogP contribution in [0.1, 0.15) is 20.7 Å². The monoisotopic (exact) mass is 357 g/mol. The second-order valence-electron chi connectivity index (χ2n) is 5.28. The number of hydrogen-bond donors (Lipinski definition) is 1. The summed E-state index contributed by atoms with van der Waals surface area (Å²) in [5.74, 6) is -0.0415. The molecular weight excluding hydrogens is 342 g/mol. The molecule has 0 bridgehead atoms. The number of carbonyl (C=O) groups excluding carboxylic acids is 3. The summed E-state index contributed by atoms with van der Waals surface area (Å²) in [6, 6.07) is 11.5. The SMILES string of the molecule is COc1ccc(C(=O)COC(=O)c2ccc3c(c2)NC(=O)CS3)cc1. The molecule has 0 saturated carbocycles. The van der Waals surface area contributed by atoms with Gasteiger partial charge in [0.2, 0.25) is 5.91 Å². The largest absolute Gasteiger partial charge is 0.497 e. The van der Waals surface area contributed by atoms with E-state index in [0.717, 1.165) is 4.90 Å². The van der Waals surface area contributed by atoms with Gasteiger partial charge in [-0.15, -0.1) is 11.8 Å². The predicted molar refractivity (Wildman–Crippen MR) is 93.4 cm³/mol. The first-order valence-electron chi connectivity index (χ1n) is 7.48. The van der Waals surface area contributed by atoms with Crippen molar-refractivity contribution in [2.24, 2.45) is 0 Å². The molecule has 0 spiro atoms. The molecule has 25 heavy (non-hydrogen) atoms. The standard InChI is InChI=1S/C18H15NO5S/c1-23-13-5-2-11(3-6-13)15(20)9-24-18(22)12-4-7-16-14(8-12)19-17(21)10-25-16/h2-8H,9-10H2,1H3,(H,19,21). The first kappa shape index (κ1) is 17.0. The van der Waals surface area contributed by atoms with E-state index in [4.69, 9.17) is 9.47 Å². The number of amides is 1. The number of hydrogen-bond acceptors (Lipinski definition) is 6. The Hall–Kier alpha value is -2.80. The van der Waals surface area contributed by atoms with Crippen molar-refractivity contribution in [1.82, 2.24) is 0 Å². The van der Waals surface area contributed by atoms with E-state index in [1.807, 2.05) is 0 Å². The molecule has 1 aliphatic heterocycles. The molecule has 3 rings (SSSR count). The highest BCUT2D eigenvalue weighted by Crippen LogP contribution is 2.32. The van der Waals surface area contributed by atoms with Crippen molar-refractivity contribution in [3.63, 3.8) is 0 Å². The van der Waals surface area contributed by atoms with Gasteiger partial charge in [-0.05, 0) is 42.5 Å². The molecule has 2 aromatic rings. The van der Waals surface area contributed by atoms with Crippen LogP contribution in [-0.4, -0.2) is 37.1 Å². The highest BCUT2D eigenvalue weighted by atomic mass is 32.2. The van der Waals surface area contributed by atoms with Gasteiger partial charge in [-0.2, -0.15) is 0 Å². The van der Waals surface area contributed by atoms with Crippen LogP contribution in [0.4, 0.5) is 5.69 Å². The Balaban J connectivity index is 1.63. The average Bonchev–Trinajstić information content (AvgIpc) is 2.65. The lowest BCUT2D eigenvalue weighted by Crippen LogP contribution is -2.19. The van der Waals surface area contributed by atoms with Crippen LogP contribution in [0, 0.1) is 0 Å². The lowest BCUT2D eigenvalue weighted by Gasteiger charge is -2.16. The van der Waals surface area contributed by atoms with Gasteiger partial charge in [-0.25, -0.2) is 4.79 Å². The lowest BCUT2D eigenvalue weighted by atomic mass is 10.1. The molecule has 1 N–H and O–H groups in total. The van der Waals surface area contributed by atoms with Crippen LogP contribution in [0.2, 0.25) is 0 Å². The van der Waals surface area contributed by atoms with Gasteiger partial charge in [0.1, 0.15) is 5.75 Å². The summed E-state index contributed by atoms with van der Waals surface area (Å²) < 4.78 is 10.1. The molecule has 1 heterocycles. The summed E-state index contributed by atoms with van der Waals surface area (Å²) in [5.41, 5.74) is 1.30. The Morgan fingerprint density at radius 3 is 2.56 bits per heavy atom. The minimum Gasteiger partial charge on any atom is -0.497 e. The molecule has 0 unspecified atom stereocenters. The Labute approximate surface area is 148 Å². The molecule has 0 radical (unpaired) electrons. The first-order chi connectivity index (χ1) is 12.1. The van der Waals surface area contributed by atoms with Gasteiger partial charge >= 0.3 is 5.97 Å². The fourth-order valence-electron chi connectivity index (χ4n) is 2.28. The number of methoxy groups -OCH3 is 1. The fraction of sp³-hybridized carbons (Fsp3) is 0.167. The third-order valence-electron chi connectivity index (χ3n) is 3.59. The number of thioether (sulfide) groups is 1. The quantitative estimate of drug-likeness (QED) is 0.655. The summed E-state index contributed by atoms with van der Waals surface area (Å²) in [5, 5.41) is 2.71. The zero-order chi connectivity index (χ0) is 17.8. The molecule has 2 aromatic carbocycles. The molecular formula is C18H15NO5S. The maximum Gasteiger partial charge on any atom is 0.338 e. The van der Waals surface area contributed by atoms with Crippen molar-refractivity contribution in [1.29, 1.82) is 0 Å². The summed E-state index contributed by atoms with van der Waals surface area (Å²) in [6.07, 6.45) is 0. The Morgan fingerprint density at radius 2 is 1.84 bits per heavy atom. The number of carbonyl (C=O) groups is 3. The minimum atomic E-state index is -0.616. The van der Waals surface area contributed by atoms with Crippen LogP contribution in [0.15, 0.2) is 47.4 Å². The van der Waals surface area contributed by atoms with E-state index < -0.39 is 5.97 Å². The van der Waals surface area contributed by atoms with Crippen molar-refractivity contribution < 1.29 is 23.9 Å². The van der Waals surface area contributed by atoms with Crippen LogP contribution in [-0.2, 0) is 9.53 Å². The van der Waals surface area contributed by atoms with E-state index in [1.165, 1.54) is 18.9 Å². The van der Waals surface area contributed by atoms with E-state index in [9.17, 15) is 14.4 Å². The predicted octanol–water partition coefficient (Wildman–Crippen LogP) is 2.78. The summed E-state index contributed by atoms with van der Waals surface area (Å²) >= 11 is 1.41. The Morgan fingerprint density at radius 1 is 1.12 bits per heavy atom. The van der Waals surface area contributed by atoms with Crippen molar-refractivity contribution in [3.8, 4) is 5.75 Å². The second-order valence-corrected chi connectivity index (χ2v) is 6.29. The number of benzene rings is 2. The normalized spacial score (nSPS) is 12.8. The van der Waals surface area contributed by atoms with E-state index in [0.29, 0.717) is 22.8 Å². The van der Waals surface area contributed by atoms with Gasteiger partial charge in [0.25, 0.3) is 0 Å². The van der Waals surface area contributed by atoms with Gasteiger partial charge in [-0.3, -0.25) is 9.59 Å². The molecule has 7 heteroatoms. The van der Waals surface area contributed by atoms with Gasteiger partial charge in [0.05, 0.1) is 24.1 Å². The van der Waals surface area contributed by atoms with Gasteiger partial charge in [0.15, 0.2) is 12.4 Å². The van der Waals surface area contributed by atoms with Gasteiger partial charge in [0, 0.05) is 10.5 Å². The molecule has 0 saturated heterocycles. The van der Waals surface area contributed by atoms with Crippen molar-refractivity contribution in [2.45, 2.75) is 4.90 Å². The molecule has 0 fully saturated rings. The summed E-state index contributed by atoms with van der Waals surface area (Å²) in [7, 11) is 1.54. The molecule has 128 valence electrons. The zero-order valence-electron chi connectivity index (χ0n) is 13.4. The van der Waals surface area contributed by atoms with Crippen LogP contribution >= 0.6 is 11.8 Å². The summed E-state index contributed by atoms with van der Waals surface area (Å²) in [4.78, 5) is 36.5. The van der Waals surface area contributed by atoms with Crippen molar-refractivity contribution in [3.05, 3.63) is 53.6 Å². The minimum absolute atomic E-state index is 0.113. The van der Waals surface area contributed by atoms with E-state index in [1.54, 1.807) is 42.5 Å². The lowest BCUT2D eigenvalue weighted by molar-refractivity contribution is -0.113. The van der Waals surface area contributed by atoms with Crippen molar-refractivity contribution in [2.75, 3.05) is 24.8 Å². The van der Waals surface area contributed by atoms with E-state index in [2.05, 4.69) is 5.32 Å². The molecule has 0 aliphatic carbocycles. The third kappa shape index (κ3) is 4.00. The number of fused-ring (bicyclic) bond motifs is 1. The number of Topliss-reactive ketones (excluding diaryl/α,β-unsaturated/α-hetero) is 1. The second kappa shape index (κ2) is 7.40. The van der Waals surface area contributed by atoms with Gasteiger partial charge in [-0.1, -0.05) is 0 Å². The van der Waals surface area contributed by atoms with Crippen LogP contribution in [0.5, 0.6) is 5.75 Å². The van der Waals surface area contributed by atoms with E-state index >= 15 is 0 Å². The molecule has 0 aromatic heterocycles. The molecule has 1 amide bonds. The zero-order valence-corrected chi connectivity index (χ0v) is 14.2. The smallest absolute Gasteiger partial charge is 0.338 e. The maximum absolute atomic E-state index is 12.1. The third-order valence-corrected chi connectivity index (χ3v) is 4.67. The van der Waals surface area contributed by atoms with Crippen LogP contribution in [0.3, 0.4) is 0 Å². The number of rotatable bonds is 5. The summed E-state index contributed by atoms with van der Waals surface area (Å²) in [6.45, 7) is -0.358.